The van der Waals surface area contributed by atoms with Crippen LogP contribution in [-0.4, -0.2) is 97.8 Å². The minimum absolute atomic E-state index is 0.0555. The first-order valence-corrected chi connectivity index (χ1v) is 25.1. The van der Waals surface area contributed by atoms with Gasteiger partial charge in [0.2, 0.25) is 0 Å². The lowest BCUT2D eigenvalue weighted by molar-refractivity contribution is -0.119. The van der Waals surface area contributed by atoms with Gasteiger partial charge in [-0.3, -0.25) is 29.2 Å². The van der Waals surface area contributed by atoms with Crippen molar-refractivity contribution in [1.29, 1.82) is 0 Å². The molecule has 0 fully saturated rings. The van der Waals surface area contributed by atoms with E-state index in [9.17, 15) is 19.2 Å². The molecule has 16 heteroatoms. The molecule has 3 aromatic rings. The lowest BCUT2D eigenvalue weighted by Crippen LogP contribution is -2.35. The van der Waals surface area contributed by atoms with Gasteiger partial charge in [0.05, 0.1) is 0 Å². The molecule has 4 N–H and O–H groups in total. The first-order valence-electron chi connectivity index (χ1n) is 21.5. The lowest BCUT2D eigenvalue weighted by Gasteiger charge is -2.16. The SMILES string of the molecule is CCCCSc1c(CC(=O)CCCCNC(=NC)NC)cc(Br)cc1CC(=O)c1cc(C(=O)Cc2cc(Br)cc(CC(=O)CCCCNC(=NC)NC)c2SCCCC)ncn1. The third-order valence-electron chi connectivity index (χ3n) is 9.89. The molecule has 0 atom stereocenters. The highest BCUT2D eigenvalue weighted by Gasteiger charge is 2.22. The Kier molecular flexibility index (Phi) is 25.3. The van der Waals surface area contributed by atoms with Crippen molar-refractivity contribution in [2.45, 2.75) is 114 Å². The number of hydrogen-bond donors (Lipinski definition) is 4. The van der Waals surface area contributed by atoms with Crippen molar-refractivity contribution in [3.8, 4) is 0 Å². The van der Waals surface area contributed by atoms with Gasteiger partial charge < -0.3 is 21.3 Å². The molecule has 0 saturated heterocycles. The molecule has 0 spiro atoms. The summed E-state index contributed by atoms with van der Waals surface area (Å²) in [4.78, 5) is 73.2. The zero-order valence-corrected chi connectivity index (χ0v) is 42.0. The second-order valence-electron chi connectivity index (χ2n) is 14.8. The summed E-state index contributed by atoms with van der Waals surface area (Å²) in [6.45, 7) is 5.72. The number of nitrogens with one attached hydrogen (secondary N) is 4. The normalized spacial score (nSPS) is 11.7. The van der Waals surface area contributed by atoms with E-state index >= 15 is 0 Å². The van der Waals surface area contributed by atoms with Crippen molar-refractivity contribution >= 4 is 90.4 Å². The monoisotopic (exact) mass is 1010 g/mol. The molecule has 2 aromatic carbocycles. The molecule has 0 bridgehead atoms. The number of thioether (sulfide) groups is 2. The Morgan fingerprint density at radius 3 is 1.32 bits per heavy atom. The van der Waals surface area contributed by atoms with Crippen LogP contribution in [0.25, 0.3) is 0 Å². The highest BCUT2D eigenvalue weighted by Crippen LogP contribution is 2.35. The van der Waals surface area contributed by atoms with E-state index in [1.807, 2.05) is 38.4 Å². The summed E-state index contributed by atoms with van der Waals surface area (Å²) < 4.78 is 1.59. The van der Waals surface area contributed by atoms with E-state index in [1.165, 1.54) is 12.4 Å². The molecule has 0 aliphatic heterocycles. The van der Waals surface area contributed by atoms with Gasteiger partial charge in [-0.05, 0) is 103 Å². The number of ketones is 4. The van der Waals surface area contributed by atoms with E-state index in [1.54, 1.807) is 37.6 Å². The summed E-state index contributed by atoms with van der Waals surface area (Å²) in [5, 5.41) is 12.4. The number of benzene rings is 2. The fourth-order valence-corrected chi connectivity index (χ4v) is 10.3. The van der Waals surface area contributed by atoms with Crippen molar-refractivity contribution in [3.63, 3.8) is 0 Å². The first kappa shape index (κ1) is 52.7. The summed E-state index contributed by atoms with van der Waals surface area (Å²) >= 11 is 10.6. The fraction of sp³-hybridized carbons (Fsp3) is 0.522. The molecule has 0 amide bonds. The molecule has 0 aliphatic rings. The lowest BCUT2D eigenvalue weighted by atomic mass is 9.98. The highest BCUT2D eigenvalue weighted by atomic mass is 79.9. The van der Waals surface area contributed by atoms with Gasteiger partial charge in [-0.15, -0.1) is 23.5 Å². The van der Waals surface area contributed by atoms with Gasteiger partial charge in [0.15, 0.2) is 23.5 Å². The number of aliphatic imine (C=N–C) groups is 2. The van der Waals surface area contributed by atoms with Gasteiger partial charge in [0, 0.05) is 98.5 Å². The maximum Gasteiger partial charge on any atom is 0.190 e. The third-order valence-corrected chi connectivity index (χ3v) is 13.4. The maximum absolute atomic E-state index is 14.0. The van der Waals surface area contributed by atoms with Gasteiger partial charge in [-0.1, -0.05) is 58.5 Å². The van der Waals surface area contributed by atoms with E-state index in [0.29, 0.717) is 12.8 Å². The Morgan fingerprint density at radius 2 is 0.968 bits per heavy atom. The molecule has 0 unspecified atom stereocenters. The number of carbonyl (C=O) groups is 4. The van der Waals surface area contributed by atoms with Crippen LogP contribution in [0.15, 0.2) is 65.4 Å². The predicted molar refractivity (Wildman–Crippen MR) is 264 cm³/mol. The van der Waals surface area contributed by atoms with Gasteiger partial charge in [0.25, 0.3) is 0 Å². The zero-order chi connectivity index (χ0) is 45.3. The van der Waals surface area contributed by atoms with Crippen LogP contribution in [0.2, 0.25) is 0 Å². The maximum atomic E-state index is 14.0. The summed E-state index contributed by atoms with van der Waals surface area (Å²) in [5.74, 6) is 2.97. The van der Waals surface area contributed by atoms with Crippen LogP contribution >= 0.6 is 55.4 Å². The summed E-state index contributed by atoms with van der Waals surface area (Å²) in [5.41, 5.74) is 3.76. The third kappa shape index (κ3) is 18.6. The van der Waals surface area contributed by atoms with Crippen LogP contribution in [0.5, 0.6) is 0 Å². The van der Waals surface area contributed by atoms with Crippen molar-refractivity contribution in [2.75, 3.05) is 52.8 Å². The molecule has 0 aliphatic carbocycles. The van der Waals surface area contributed by atoms with Crippen LogP contribution < -0.4 is 21.3 Å². The Balaban J connectivity index is 1.78. The molecule has 1 heterocycles. The molecule has 0 radical (unpaired) electrons. The second-order valence-corrected chi connectivity index (χ2v) is 18.9. The molecule has 0 saturated carbocycles. The fourth-order valence-electron chi connectivity index (χ4n) is 6.61. The van der Waals surface area contributed by atoms with Gasteiger partial charge in [-0.25, -0.2) is 9.97 Å². The molecular weight excluding hydrogens is 952 g/mol. The van der Waals surface area contributed by atoms with E-state index in [0.717, 1.165) is 129 Å². The topological polar surface area (TPSA) is 167 Å². The van der Waals surface area contributed by atoms with E-state index in [4.69, 9.17) is 0 Å². The number of rotatable bonds is 28. The predicted octanol–water partition coefficient (Wildman–Crippen LogP) is 8.79. The number of hydrogen-bond acceptors (Lipinski definition) is 10. The van der Waals surface area contributed by atoms with Gasteiger partial charge in [0.1, 0.15) is 29.3 Å². The number of aromatic nitrogens is 2. The number of unbranched alkanes of at least 4 members (excludes halogenated alkanes) is 4. The molecule has 338 valence electrons. The summed E-state index contributed by atoms with van der Waals surface area (Å²) in [6, 6.07) is 9.36. The minimum atomic E-state index is -0.242. The number of carbonyl (C=O) groups excluding carboxylic acids is 4. The Hall–Kier alpha value is -3.60. The van der Waals surface area contributed by atoms with Crippen LogP contribution in [0, 0.1) is 0 Å². The smallest absolute Gasteiger partial charge is 0.190 e. The highest BCUT2D eigenvalue weighted by molar-refractivity contribution is 9.10. The molecule has 1 aromatic heterocycles. The van der Waals surface area contributed by atoms with Crippen molar-refractivity contribution in [3.05, 3.63) is 79.2 Å². The molecule has 12 nitrogen and oxygen atoms in total. The van der Waals surface area contributed by atoms with Crippen LogP contribution in [-0.2, 0) is 35.3 Å². The van der Waals surface area contributed by atoms with E-state index in [2.05, 4.69) is 86.9 Å². The van der Waals surface area contributed by atoms with Crippen LogP contribution in [0.3, 0.4) is 0 Å². The van der Waals surface area contributed by atoms with Gasteiger partial charge in [-0.2, -0.15) is 0 Å². The Morgan fingerprint density at radius 1 is 0.581 bits per heavy atom. The average Bonchev–Trinajstić information content (AvgIpc) is 3.25. The number of guanidine groups is 2. The quantitative estimate of drug-likeness (QED) is 0.0180. The largest absolute Gasteiger partial charge is 0.359 e. The van der Waals surface area contributed by atoms with Crippen LogP contribution in [0.1, 0.15) is 121 Å². The Bertz CT molecular complexity index is 1880. The molecule has 62 heavy (non-hydrogen) atoms. The van der Waals surface area contributed by atoms with E-state index < -0.39 is 0 Å². The minimum Gasteiger partial charge on any atom is -0.359 e. The molecule has 3 rings (SSSR count). The Labute approximate surface area is 394 Å². The number of halogens is 2. The van der Waals surface area contributed by atoms with Gasteiger partial charge >= 0.3 is 0 Å². The number of Topliss-reactive ketones (excluding diaryl/α,β-unsaturated/α-hetero) is 4. The van der Waals surface area contributed by atoms with Crippen molar-refractivity contribution in [1.82, 2.24) is 31.2 Å². The zero-order valence-electron chi connectivity index (χ0n) is 37.2. The van der Waals surface area contributed by atoms with E-state index in [-0.39, 0.29) is 60.2 Å². The number of nitrogens with zero attached hydrogens (tertiary/aromatic N) is 4. The standard InChI is InChI=1S/C46H64Br2N8O4S2/c1-7-9-19-61-43-31(25-37(57)15-11-13-17-53-45(49-3)50-4)21-35(47)23-33(43)27-41(59)39-29-40(56-30-55-39)42(60)28-34-24-36(48)22-32(44(34)62-20-10-8-2)26-38(58)16-12-14-18-54-46(51-5)52-6/h21-24,29-30H,7-20,25-28H2,1-6H3,(H2,49,50,53)(H2,51,52,54). The molecular formula is C46H64Br2N8O4S2. The average molecular weight is 1020 g/mol. The summed E-state index contributed by atoms with van der Waals surface area (Å²) in [7, 11) is 7.06. The first-order chi connectivity index (χ1) is 30.0. The van der Waals surface area contributed by atoms with Crippen LogP contribution in [0.4, 0.5) is 0 Å². The summed E-state index contributed by atoms with van der Waals surface area (Å²) in [6.07, 6.45) is 10.1. The second kappa shape index (κ2) is 29.7. The van der Waals surface area contributed by atoms with Crippen molar-refractivity contribution in [2.24, 2.45) is 9.98 Å². The van der Waals surface area contributed by atoms with Crippen molar-refractivity contribution < 1.29 is 19.2 Å².